The molecule has 0 fully saturated rings. The zero-order chi connectivity index (χ0) is 12.3. The molecular formula is C13H16BrN3. The van der Waals surface area contributed by atoms with Gasteiger partial charge in [0.2, 0.25) is 0 Å². The Morgan fingerprint density at radius 2 is 2.24 bits per heavy atom. The highest BCUT2D eigenvalue weighted by Crippen LogP contribution is 2.24. The van der Waals surface area contributed by atoms with Gasteiger partial charge in [0.15, 0.2) is 0 Å². The van der Waals surface area contributed by atoms with E-state index in [1.807, 2.05) is 29.1 Å². The third-order valence-corrected chi connectivity index (χ3v) is 3.37. The maximum atomic E-state index is 6.21. The Hall–Kier alpha value is -1.13. The minimum absolute atomic E-state index is 0.0594. The lowest BCUT2D eigenvalue weighted by molar-refractivity contribution is 0.424. The first-order chi connectivity index (χ1) is 8.22. The Bertz CT molecular complexity index is 467. The molecule has 90 valence electrons. The molecule has 0 aliphatic rings. The maximum absolute atomic E-state index is 6.21. The van der Waals surface area contributed by atoms with Crippen LogP contribution >= 0.6 is 15.9 Å². The molecule has 2 unspecified atom stereocenters. The molecule has 0 aliphatic carbocycles. The van der Waals surface area contributed by atoms with Crippen LogP contribution in [-0.2, 0) is 0 Å². The summed E-state index contributed by atoms with van der Waals surface area (Å²) in [5, 5.41) is 4.31. The van der Waals surface area contributed by atoms with Crippen LogP contribution in [-0.4, -0.2) is 15.8 Å². The van der Waals surface area contributed by atoms with E-state index in [0.29, 0.717) is 0 Å². The van der Waals surface area contributed by atoms with Gasteiger partial charge in [0, 0.05) is 22.9 Å². The van der Waals surface area contributed by atoms with Gasteiger partial charge < -0.3 is 5.73 Å². The smallest absolute Gasteiger partial charge is 0.0919 e. The SMILES string of the molecule is CCC(N)C(c1cccc(Br)c1)n1cccn1. The van der Waals surface area contributed by atoms with Gasteiger partial charge in [0.25, 0.3) is 0 Å². The van der Waals surface area contributed by atoms with E-state index in [1.165, 1.54) is 5.56 Å². The molecule has 0 aliphatic heterocycles. The summed E-state index contributed by atoms with van der Waals surface area (Å²) < 4.78 is 2.99. The number of hydrogen-bond donors (Lipinski definition) is 1. The lowest BCUT2D eigenvalue weighted by Crippen LogP contribution is -2.32. The molecule has 2 N–H and O–H groups in total. The van der Waals surface area contributed by atoms with Gasteiger partial charge in [-0.1, -0.05) is 35.0 Å². The van der Waals surface area contributed by atoms with Crippen LogP contribution < -0.4 is 5.73 Å². The first-order valence-electron chi connectivity index (χ1n) is 5.72. The van der Waals surface area contributed by atoms with Gasteiger partial charge in [-0.05, 0) is 30.2 Å². The molecule has 0 amide bonds. The molecule has 4 heteroatoms. The lowest BCUT2D eigenvalue weighted by Gasteiger charge is -2.24. The van der Waals surface area contributed by atoms with Crippen molar-refractivity contribution < 1.29 is 0 Å². The molecule has 0 bridgehead atoms. The van der Waals surface area contributed by atoms with E-state index < -0.39 is 0 Å². The van der Waals surface area contributed by atoms with Crippen LogP contribution in [0.2, 0.25) is 0 Å². The van der Waals surface area contributed by atoms with Crippen molar-refractivity contribution >= 4 is 15.9 Å². The van der Waals surface area contributed by atoms with E-state index in [1.54, 1.807) is 6.20 Å². The van der Waals surface area contributed by atoms with Crippen molar-refractivity contribution in [1.82, 2.24) is 9.78 Å². The molecule has 0 saturated heterocycles. The summed E-state index contributed by atoms with van der Waals surface area (Å²) in [4.78, 5) is 0. The largest absolute Gasteiger partial charge is 0.326 e. The Labute approximate surface area is 110 Å². The number of nitrogens with zero attached hydrogens (tertiary/aromatic N) is 2. The standard InChI is InChI=1S/C13H16BrN3/c1-2-12(15)13(17-8-4-7-16-17)10-5-3-6-11(14)9-10/h3-9,12-13H,2,15H2,1H3. The van der Waals surface area contributed by atoms with Gasteiger partial charge in [-0.3, -0.25) is 4.68 Å². The first kappa shape index (κ1) is 12.3. The summed E-state index contributed by atoms with van der Waals surface area (Å²) in [5.41, 5.74) is 7.39. The number of nitrogens with two attached hydrogens (primary N) is 1. The van der Waals surface area contributed by atoms with Crippen molar-refractivity contribution in [2.45, 2.75) is 25.4 Å². The fourth-order valence-electron chi connectivity index (χ4n) is 1.96. The van der Waals surface area contributed by atoms with E-state index >= 15 is 0 Å². The van der Waals surface area contributed by atoms with Crippen molar-refractivity contribution in [3.05, 3.63) is 52.8 Å². The van der Waals surface area contributed by atoms with E-state index in [2.05, 4.69) is 40.1 Å². The van der Waals surface area contributed by atoms with Crippen LogP contribution in [0, 0.1) is 0 Å². The second kappa shape index (κ2) is 5.47. The molecule has 2 atom stereocenters. The second-order valence-corrected chi connectivity index (χ2v) is 4.97. The van der Waals surface area contributed by atoms with Crippen LogP contribution in [0.5, 0.6) is 0 Å². The highest BCUT2D eigenvalue weighted by molar-refractivity contribution is 9.10. The number of aromatic nitrogens is 2. The van der Waals surface area contributed by atoms with Crippen molar-refractivity contribution in [2.75, 3.05) is 0 Å². The van der Waals surface area contributed by atoms with Crippen LogP contribution in [0.4, 0.5) is 0 Å². The topological polar surface area (TPSA) is 43.8 Å². The van der Waals surface area contributed by atoms with Gasteiger partial charge in [-0.15, -0.1) is 0 Å². The first-order valence-corrected chi connectivity index (χ1v) is 6.52. The van der Waals surface area contributed by atoms with Crippen molar-refractivity contribution in [2.24, 2.45) is 5.73 Å². The molecule has 1 aromatic heterocycles. The minimum atomic E-state index is 0.0594. The summed E-state index contributed by atoms with van der Waals surface area (Å²) in [6.45, 7) is 2.10. The molecule has 3 nitrogen and oxygen atoms in total. The molecule has 2 rings (SSSR count). The quantitative estimate of drug-likeness (QED) is 0.942. The predicted molar refractivity (Wildman–Crippen MR) is 72.8 cm³/mol. The van der Waals surface area contributed by atoms with E-state index in [9.17, 15) is 0 Å². The zero-order valence-electron chi connectivity index (χ0n) is 9.75. The molecule has 0 saturated carbocycles. The summed E-state index contributed by atoms with van der Waals surface area (Å²) in [7, 11) is 0. The molecule has 1 heterocycles. The Kier molecular flexibility index (Phi) is 3.97. The average molecular weight is 294 g/mol. The van der Waals surface area contributed by atoms with Gasteiger partial charge in [-0.2, -0.15) is 5.10 Å². The zero-order valence-corrected chi connectivity index (χ0v) is 11.3. The van der Waals surface area contributed by atoms with Crippen LogP contribution in [0.3, 0.4) is 0 Å². The third-order valence-electron chi connectivity index (χ3n) is 2.88. The summed E-state index contributed by atoms with van der Waals surface area (Å²) >= 11 is 3.49. The Morgan fingerprint density at radius 1 is 1.41 bits per heavy atom. The van der Waals surface area contributed by atoms with Crippen molar-refractivity contribution in [3.8, 4) is 0 Å². The molecule has 2 aromatic rings. The van der Waals surface area contributed by atoms with E-state index in [4.69, 9.17) is 5.73 Å². The van der Waals surface area contributed by atoms with Crippen molar-refractivity contribution in [3.63, 3.8) is 0 Å². The van der Waals surface area contributed by atoms with Gasteiger partial charge in [0.05, 0.1) is 6.04 Å². The third kappa shape index (κ3) is 2.76. The normalized spacial score (nSPS) is 14.5. The highest BCUT2D eigenvalue weighted by Gasteiger charge is 2.20. The average Bonchev–Trinajstić information content (AvgIpc) is 2.83. The predicted octanol–water partition coefficient (Wildman–Crippen LogP) is 2.97. The maximum Gasteiger partial charge on any atom is 0.0919 e. The lowest BCUT2D eigenvalue weighted by atomic mass is 9.98. The van der Waals surface area contributed by atoms with E-state index in [0.717, 1.165) is 10.9 Å². The molecule has 0 spiro atoms. The number of benzene rings is 1. The van der Waals surface area contributed by atoms with Gasteiger partial charge in [-0.25, -0.2) is 0 Å². The summed E-state index contributed by atoms with van der Waals surface area (Å²) in [6.07, 6.45) is 4.66. The second-order valence-electron chi connectivity index (χ2n) is 4.06. The van der Waals surface area contributed by atoms with Gasteiger partial charge in [0.1, 0.15) is 0 Å². The van der Waals surface area contributed by atoms with Crippen LogP contribution in [0.1, 0.15) is 24.9 Å². The molecular weight excluding hydrogens is 278 g/mol. The Balaban J connectivity index is 2.40. The summed E-state index contributed by atoms with van der Waals surface area (Å²) in [5.74, 6) is 0. The fraction of sp³-hybridized carbons (Fsp3) is 0.308. The number of halogens is 1. The Morgan fingerprint density at radius 3 is 2.82 bits per heavy atom. The monoisotopic (exact) mass is 293 g/mol. The van der Waals surface area contributed by atoms with Crippen molar-refractivity contribution in [1.29, 1.82) is 0 Å². The summed E-state index contributed by atoms with van der Waals surface area (Å²) in [6, 6.07) is 10.3. The molecule has 1 aromatic carbocycles. The van der Waals surface area contributed by atoms with Gasteiger partial charge >= 0.3 is 0 Å². The number of rotatable bonds is 4. The van der Waals surface area contributed by atoms with E-state index in [-0.39, 0.29) is 12.1 Å². The van der Waals surface area contributed by atoms with Crippen LogP contribution in [0.15, 0.2) is 47.2 Å². The molecule has 0 radical (unpaired) electrons. The molecule has 17 heavy (non-hydrogen) atoms. The highest BCUT2D eigenvalue weighted by atomic mass is 79.9. The number of hydrogen-bond acceptors (Lipinski definition) is 2. The minimum Gasteiger partial charge on any atom is -0.326 e. The van der Waals surface area contributed by atoms with Crippen LogP contribution in [0.25, 0.3) is 0 Å². The fourth-order valence-corrected chi connectivity index (χ4v) is 2.37.